The molecule has 0 aromatic heterocycles. The van der Waals surface area contributed by atoms with Crippen molar-refractivity contribution in [3.05, 3.63) is 57.7 Å². The summed E-state index contributed by atoms with van der Waals surface area (Å²) in [5.41, 5.74) is 0.951. The first kappa shape index (κ1) is 13.8. The number of ether oxygens (including phenoxy) is 2. The summed E-state index contributed by atoms with van der Waals surface area (Å²) in [7, 11) is 1.65. The molecule has 0 saturated heterocycles. The van der Waals surface area contributed by atoms with E-state index in [-0.39, 0.29) is 0 Å². The van der Waals surface area contributed by atoms with Gasteiger partial charge in [0.05, 0.1) is 10.7 Å². The first-order chi connectivity index (χ1) is 9.29. The topological polar surface area (TPSA) is 18.5 Å². The molecule has 2 nitrogen and oxygen atoms in total. The number of hydrogen-bond donors (Lipinski definition) is 0. The Labute approximate surface area is 126 Å². The lowest BCUT2D eigenvalue weighted by Gasteiger charge is -2.03. The highest BCUT2D eigenvalue weighted by atomic mass is 127. The van der Waals surface area contributed by atoms with Crippen LogP contribution in [0.15, 0.2) is 48.5 Å². The normalized spacial score (nSPS) is 9.37. The van der Waals surface area contributed by atoms with Gasteiger partial charge in [-0.05, 0) is 59.0 Å². The molecule has 0 unspecified atom stereocenters. The van der Waals surface area contributed by atoms with E-state index in [1.165, 1.54) is 0 Å². The van der Waals surface area contributed by atoms with E-state index in [1.54, 1.807) is 7.11 Å². The van der Waals surface area contributed by atoms with Gasteiger partial charge in [-0.2, -0.15) is 0 Å². The summed E-state index contributed by atoms with van der Waals surface area (Å²) >= 11 is 2.24. The number of benzene rings is 2. The molecule has 2 rings (SSSR count). The van der Waals surface area contributed by atoms with Crippen LogP contribution in [0.4, 0.5) is 0 Å². The molecule has 0 saturated carbocycles. The predicted octanol–water partition coefficient (Wildman–Crippen LogP) is 3.73. The lowest BCUT2D eigenvalue weighted by molar-refractivity contribution is 0.367. The lowest BCUT2D eigenvalue weighted by Crippen LogP contribution is -1.95. The average molecular weight is 364 g/mol. The van der Waals surface area contributed by atoms with Crippen molar-refractivity contribution in [1.82, 2.24) is 0 Å². The molecule has 0 N–H and O–H groups in total. The van der Waals surface area contributed by atoms with Crippen LogP contribution in [-0.4, -0.2) is 13.7 Å². The first-order valence-corrected chi connectivity index (χ1v) is 6.88. The van der Waals surface area contributed by atoms with Crippen LogP contribution in [0.1, 0.15) is 5.56 Å². The fourth-order valence-corrected chi connectivity index (χ4v) is 2.03. The molecule has 0 atom stereocenters. The third kappa shape index (κ3) is 4.18. The third-order valence-electron chi connectivity index (χ3n) is 2.46. The van der Waals surface area contributed by atoms with E-state index in [2.05, 4.69) is 34.4 Å². The molecule has 3 heteroatoms. The Hall–Kier alpha value is -1.67. The molecule has 0 amide bonds. The molecule has 0 aliphatic heterocycles. The van der Waals surface area contributed by atoms with Crippen LogP contribution in [0.2, 0.25) is 0 Å². The van der Waals surface area contributed by atoms with Crippen molar-refractivity contribution in [2.75, 3.05) is 13.7 Å². The van der Waals surface area contributed by atoms with Crippen LogP contribution in [0, 0.1) is 15.4 Å². The van der Waals surface area contributed by atoms with Crippen molar-refractivity contribution < 1.29 is 9.47 Å². The molecule has 2 aromatic carbocycles. The highest BCUT2D eigenvalue weighted by Crippen LogP contribution is 2.19. The summed E-state index contributed by atoms with van der Waals surface area (Å²) < 4.78 is 11.8. The molecular formula is C16H13IO2. The van der Waals surface area contributed by atoms with E-state index in [0.717, 1.165) is 20.6 Å². The average Bonchev–Trinajstić information content (AvgIpc) is 2.46. The molecule has 0 spiro atoms. The van der Waals surface area contributed by atoms with Gasteiger partial charge in [-0.15, -0.1) is 0 Å². The van der Waals surface area contributed by atoms with Gasteiger partial charge >= 0.3 is 0 Å². The van der Waals surface area contributed by atoms with Gasteiger partial charge in [-0.3, -0.25) is 0 Å². The third-order valence-corrected chi connectivity index (χ3v) is 3.35. The number of rotatable bonds is 3. The van der Waals surface area contributed by atoms with E-state index in [4.69, 9.17) is 9.47 Å². The van der Waals surface area contributed by atoms with Crippen LogP contribution in [0.3, 0.4) is 0 Å². The number of hydrogen-bond acceptors (Lipinski definition) is 2. The second-order valence-corrected chi connectivity index (χ2v) is 4.91. The highest BCUT2D eigenvalue weighted by molar-refractivity contribution is 14.1. The van der Waals surface area contributed by atoms with Crippen LogP contribution < -0.4 is 9.47 Å². The monoisotopic (exact) mass is 364 g/mol. The number of halogens is 1. The van der Waals surface area contributed by atoms with Gasteiger partial charge in [-0.25, -0.2) is 0 Å². The summed E-state index contributed by atoms with van der Waals surface area (Å²) in [6.07, 6.45) is 0. The maximum absolute atomic E-state index is 5.60. The maximum atomic E-state index is 5.60. The van der Waals surface area contributed by atoms with Crippen molar-refractivity contribution in [3.8, 4) is 23.3 Å². The van der Waals surface area contributed by atoms with Crippen molar-refractivity contribution >= 4 is 22.6 Å². The molecule has 0 radical (unpaired) electrons. The lowest BCUT2D eigenvalue weighted by atomic mass is 10.2. The Balaban J connectivity index is 1.92. The van der Waals surface area contributed by atoms with Gasteiger partial charge in [0.2, 0.25) is 0 Å². The standard InChI is InChI=1S/C16H13IO2/c1-18-14-10-8-13(9-11-14)5-4-12-19-16-7-3-2-6-15(16)17/h2-3,6-11H,12H2,1H3. The van der Waals surface area contributed by atoms with Gasteiger partial charge in [0.1, 0.15) is 18.1 Å². The van der Waals surface area contributed by atoms with Gasteiger partial charge in [-0.1, -0.05) is 24.0 Å². The minimum absolute atomic E-state index is 0.381. The fraction of sp³-hybridized carbons (Fsp3) is 0.125. The van der Waals surface area contributed by atoms with E-state index in [9.17, 15) is 0 Å². The largest absolute Gasteiger partial charge is 0.497 e. The minimum atomic E-state index is 0.381. The predicted molar refractivity (Wildman–Crippen MR) is 84.5 cm³/mol. The molecule has 0 fully saturated rings. The summed E-state index contributed by atoms with van der Waals surface area (Å²) in [4.78, 5) is 0. The van der Waals surface area contributed by atoms with Crippen molar-refractivity contribution in [2.45, 2.75) is 0 Å². The van der Waals surface area contributed by atoms with Crippen molar-refractivity contribution in [2.24, 2.45) is 0 Å². The van der Waals surface area contributed by atoms with E-state index in [0.29, 0.717) is 6.61 Å². The van der Waals surface area contributed by atoms with Gasteiger partial charge < -0.3 is 9.47 Å². The van der Waals surface area contributed by atoms with Gasteiger partial charge in [0.25, 0.3) is 0 Å². The molecule has 0 aliphatic carbocycles. The molecule has 2 aromatic rings. The molecular weight excluding hydrogens is 351 g/mol. The Morgan fingerprint density at radius 1 is 1.05 bits per heavy atom. The molecule has 96 valence electrons. The molecule has 0 bridgehead atoms. The van der Waals surface area contributed by atoms with E-state index in [1.807, 2.05) is 48.5 Å². The van der Waals surface area contributed by atoms with Gasteiger partial charge in [0.15, 0.2) is 0 Å². The Morgan fingerprint density at radius 2 is 1.79 bits per heavy atom. The molecule has 19 heavy (non-hydrogen) atoms. The Kier molecular flexibility index (Phi) is 5.10. The van der Waals surface area contributed by atoms with Crippen LogP contribution in [0.5, 0.6) is 11.5 Å². The summed E-state index contributed by atoms with van der Waals surface area (Å²) in [6.45, 7) is 0.381. The zero-order valence-electron chi connectivity index (χ0n) is 10.5. The Bertz CT molecular complexity index is 594. The van der Waals surface area contributed by atoms with E-state index < -0.39 is 0 Å². The minimum Gasteiger partial charge on any atom is -0.497 e. The van der Waals surface area contributed by atoms with Gasteiger partial charge in [0, 0.05) is 5.56 Å². The van der Waals surface area contributed by atoms with E-state index >= 15 is 0 Å². The van der Waals surface area contributed by atoms with Crippen molar-refractivity contribution in [3.63, 3.8) is 0 Å². The summed E-state index contributed by atoms with van der Waals surface area (Å²) in [6, 6.07) is 15.5. The van der Waals surface area contributed by atoms with Crippen LogP contribution >= 0.6 is 22.6 Å². The Morgan fingerprint density at radius 3 is 2.47 bits per heavy atom. The molecule has 0 aliphatic rings. The highest BCUT2D eigenvalue weighted by Gasteiger charge is 1.96. The zero-order valence-corrected chi connectivity index (χ0v) is 12.7. The smallest absolute Gasteiger partial charge is 0.149 e. The first-order valence-electron chi connectivity index (χ1n) is 5.80. The van der Waals surface area contributed by atoms with Crippen LogP contribution in [-0.2, 0) is 0 Å². The number of methoxy groups -OCH3 is 1. The number of para-hydroxylation sites is 1. The summed E-state index contributed by atoms with van der Waals surface area (Å²) in [5, 5.41) is 0. The SMILES string of the molecule is COc1ccc(C#CCOc2ccccc2I)cc1. The molecule has 0 heterocycles. The zero-order chi connectivity index (χ0) is 13.5. The second kappa shape index (κ2) is 7.05. The quantitative estimate of drug-likeness (QED) is 0.611. The summed E-state index contributed by atoms with van der Waals surface area (Å²) in [5.74, 6) is 7.75. The maximum Gasteiger partial charge on any atom is 0.149 e. The van der Waals surface area contributed by atoms with Crippen LogP contribution in [0.25, 0.3) is 0 Å². The second-order valence-electron chi connectivity index (χ2n) is 3.75. The fourth-order valence-electron chi connectivity index (χ4n) is 1.49. The van der Waals surface area contributed by atoms with Crippen molar-refractivity contribution in [1.29, 1.82) is 0 Å².